The van der Waals surface area contributed by atoms with E-state index in [1.165, 1.54) is 0 Å². The minimum Gasteiger partial charge on any atom is -0.266 e. The quantitative estimate of drug-likeness (QED) is 0.464. The van der Waals surface area contributed by atoms with Gasteiger partial charge in [-0.15, -0.1) is 0 Å². The first kappa shape index (κ1) is 15.9. The van der Waals surface area contributed by atoms with Gasteiger partial charge in [0.25, 0.3) is 10.1 Å². The average Bonchev–Trinajstić information content (AvgIpc) is 2.44. The predicted octanol–water partition coefficient (Wildman–Crippen LogP) is 3.38. The van der Waals surface area contributed by atoms with Crippen LogP contribution < -0.4 is 0 Å². The van der Waals surface area contributed by atoms with Gasteiger partial charge in [-0.1, -0.05) is 29.3 Å². The predicted molar refractivity (Wildman–Crippen MR) is 81.9 cm³/mol. The first-order chi connectivity index (χ1) is 9.97. The van der Waals surface area contributed by atoms with Gasteiger partial charge in [-0.2, -0.15) is 8.42 Å². The molecule has 1 aromatic heterocycles. The van der Waals surface area contributed by atoms with Crippen LogP contribution in [0, 0.1) is 6.92 Å². The fourth-order valence-electron chi connectivity index (χ4n) is 1.82. The summed E-state index contributed by atoms with van der Waals surface area (Å²) in [6.07, 6.45) is 2.90. The molecule has 1 heterocycles. The average molecular weight is 326 g/mol. The molecule has 0 saturated carbocycles. The van der Waals surface area contributed by atoms with Crippen LogP contribution in [0.4, 0.5) is 0 Å². The lowest BCUT2D eigenvalue weighted by Crippen LogP contribution is -2.08. The van der Waals surface area contributed by atoms with E-state index < -0.39 is 10.1 Å². The molecule has 0 bridgehead atoms. The van der Waals surface area contributed by atoms with Crippen molar-refractivity contribution in [3.8, 4) is 0 Å². The number of halogens is 1. The Balaban J connectivity index is 1.86. The molecule has 2 aromatic rings. The van der Waals surface area contributed by atoms with E-state index >= 15 is 0 Å². The number of aryl methyl sites for hydroxylation is 2. The minimum atomic E-state index is -3.68. The van der Waals surface area contributed by atoms with Crippen LogP contribution in [-0.2, 0) is 20.7 Å². The van der Waals surface area contributed by atoms with Crippen molar-refractivity contribution in [2.24, 2.45) is 0 Å². The van der Waals surface area contributed by atoms with Crippen LogP contribution >= 0.6 is 11.6 Å². The summed E-state index contributed by atoms with van der Waals surface area (Å²) in [5, 5.41) is 0.431. The number of rotatable bonds is 6. The molecule has 0 saturated heterocycles. The van der Waals surface area contributed by atoms with E-state index in [0.717, 1.165) is 11.1 Å². The van der Waals surface area contributed by atoms with E-state index in [4.69, 9.17) is 15.8 Å². The highest BCUT2D eigenvalue weighted by Crippen LogP contribution is 2.14. The Labute approximate surface area is 129 Å². The van der Waals surface area contributed by atoms with Gasteiger partial charge in [-0.05, 0) is 49.6 Å². The zero-order chi connectivity index (χ0) is 15.3. The van der Waals surface area contributed by atoms with Crippen molar-refractivity contribution in [2.45, 2.75) is 24.7 Å². The van der Waals surface area contributed by atoms with Crippen molar-refractivity contribution in [2.75, 3.05) is 6.61 Å². The third-order valence-corrected chi connectivity index (χ3v) is 4.48. The van der Waals surface area contributed by atoms with E-state index in [1.807, 2.05) is 13.0 Å². The maximum absolute atomic E-state index is 12.0. The molecule has 0 radical (unpaired) electrons. The highest BCUT2D eigenvalue weighted by Gasteiger charge is 2.14. The summed E-state index contributed by atoms with van der Waals surface area (Å²) in [6, 6.07) is 10.2. The normalized spacial score (nSPS) is 11.5. The van der Waals surface area contributed by atoms with Crippen LogP contribution in [-0.4, -0.2) is 20.0 Å². The molecule has 2 rings (SSSR count). The molecule has 0 atom stereocenters. The highest BCUT2D eigenvalue weighted by atomic mass is 35.5. The monoisotopic (exact) mass is 325 g/mol. The van der Waals surface area contributed by atoms with Gasteiger partial charge in [0.2, 0.25) is 0 Å². The van der Waals surface area contributed by atoms with Gasteiger partial charge in [0.15, 0.2) is 0 Å². The molecule has 6 heteroatoms. The lowest BCUT2D eigenvalue weighted by atomic mass is 10.1. The van der Waals surface area contributed by atoms with Gasteiger partial charge in [-0.3, -0.25) is 4.18 Å². The number of pyridine rings is 1. The van der Waals surface area contributed by atoms with Gasteiger partial charge in [0.1, 0.15) is 5.15 Å². The number of nitrogens with zero attached hydrogens (tertiary/aromatic N) is 1. The minimum absolute atomic E-state index is 0.135. The molecule has 0 aliphatic rings. The molecule has 112 valence electrons. The summed E-state index contributed by atoms with van der Waals surface area (Å²) in [4.78, 5) is 4.07. The second-order valence-electron chi connectivity index (χ2n) is 4.68. The number of aromatic nitrogens is 1. The summed E-state index contributed by atoms with van der Waals surface area (Å²) in [7, 11) is -3.68. The standard InChI is InChI=1S/C15H16ClNO3S/c1-12-4-6-14(7-5-12)21(18,19)20-10-2-3-13-8-9-17-15(16)11-13/h4-9,11H,2-3,10H2,1H3. The molecule has 0 N–H and O–H groups in total. The summed E-state index contributed by atoms with van der Waals surface area (Å²) in [5.41, 5.74) is 2.01. The molecule has 1 aromatic carbocycles. The summed E-state index contributed by atoms with van der Waals surface area (Å²) in [5.74, 6) is 0. The van der Waals surface area contributed by atoms with Crippen molar-refractivity contribution in [3.05, 3.63) is 58.9 Å². The maximum Gasteiger partial charge on any atom is 0.296 e. The molecule has 21 heavy (non-hydrogen) atoms. The summed E-state index contributed by atoms with van der Waals surface area (Å²) >= 11 is 5.78. The summed E-state index contributed by atoms with van der Waals surface area (Å²) in [6.45, 7) is 2.03. The molecular formula is C15H16ClNO3S. The van der Waals surface area contributed by atoms with Gasteiger partial charge in [-0.25, -0.2) is 4.98 Å². The fraction of sp³-hybridized carbons (Fsp3) is 0.267. The van der Waals surface area contributed by atoms with Crippen LogP contribution in [0.1, 0.15) is 17.5 Å². The lowest BCUT2D eigenvalue weighted by Gasteiger charge is -2.06. The van der Waals surface area contributed by atoms with Crippen molar-refractivity contribution >= 4 is 21.7 Å². The topological polar surface area (TPSA) is 56.3 Å². The van der Waals surface area contributed by atoms with Crippen LogP contribution in [0.5, 0.6) is 0 Å². The molecule has 0 spiro atoms. The van der Waals surface area contributed by atoms with Gasteiger partial charge in [0, 0.05) is 6.20 Å². The third-order valence-electron chi connectivity index (χ3n) is 2.95. The largest absolute Gasteiger partial charge is 0.296 e. The molecule has 0 amide bonds. The molecule has 0 unspecified atom stereocenters. The zero-order valence-electron chi connectivity index (χ0n) is 11.6. The highest BCUT2D eigenvalue weighted by molar-refractivity contribution is 7.86. The number of hydrogen-bond donors (Lipinski definition) is 0. The third kappa shape index (κ3) is 4.81. The Bertz CT molecular complexity index is 699. The molecule has 0 aliphatic carbocycles. The smallest absolute Gasteiger partial charge is 0.266 e. The summed E-state index contributed by atoms with van der Waals surface area (Å²) < 4.78 is 28.9. The first-order valence-electron chi connectivity index (χ1n) is 6.54. The van der Waals surface area contributed by atoms with Crippen LogP contribution in [0.25, 0.3) is 0 Å². The number of hydrogen-bond acceptors (Lipinski definition) is 4. The Morgan fingerprint density at radius 1 is 1.19 bits per heavy atom. The van der Waals surface area contributed by atoms with Gasteiger partial charge >= 0.3 is 0 Å². The Morgan fingerprint density at radius 3 is 2.57 bits per heavy atom. The van der Waals surface area contributed by atoms with E-state index in [0.29, 0.717) is 18.0 Å². The fourth-order valence-corrected chi connectivity index (χ4v) is 2.96. The van der Waals surface area contributed by atoms with Crippen molar-refractivity contribution in [1.82, 2.24) is 4.98 Å². The van der Waals surface area contributed by atoms with Gasteiger partial charge < -0.3 is 0 Å². The molecule has 0 aliphatic heterocycles. The van der Waals surface area contributed by atoms with E-state index in [1.54, 1.807) is 36.5 Å². The van der Waals surface area contributed by atoms with E-state index in [9.17, 15) is 8.42 Å². The van der Waals surface area contributed by atoms with E-state index in [-0.39, 0.29) is 11.5 Å². The maximum atomic E-state index is 12.0. The molecular weight excluding hydrogens is 310 g/mol. The van der Waals surface area contributed by atoms with Crippen LogP contribution in [0.2, 0.25) is 5.15 Å². The van der Waals surface area contributed by atoms with Crippen molar-refractivity contribution in [1.29, 1.82) is 0 Å². The first-order valence-corrected chi connectivity index (χ1v) is 8.32. The second-order valence-corrected chi connectivity index (χ2v) is 6.68. The molecule has 0 fully saturated rings. The Hall–Kier alpha value is -1.43. The number of benzene rings is 1. The van der Waals surface area contributed by atoms with Crippen molar-refractivity contribution < 1.29 is 12.6 Å². The van der Waals surface area contributed by atoms with Crippen LogP contribution in [0.3, 0.4) is 0 Å². The Morgan fingerprint density at radius 2 is 1.90 bits per heavy atom. The lowest BCUT2D eigenvalue weighted by molar-refractivity contribution is 0.312. The second kappa shape index (κ2) is 7.02. The molecule has 4 nitrogen and oxygen atoms in total. The van der Waals surface area contributed by atoms with Gasteiger partial charge in [0.05, 0.1) is 11.5 Å². The SMILES string of the molecule is Cc1ccc(S(=O)(=O)OCCCc2ccnc(Cl)c2)cc1. The van der Waals surface area contributed by atoms with Crippen molar-refractivity contribution in [3.63, 3.8) is 0 Å². The zero-order valence-corrected chi connectivity index (χ0v) is 13.2. The van der Waals surface area contributed by atoms with Crippen LogP contribution in [0.15, 0.2) is 47.5 Å². The van der Waals surface area contributed by atoms with E-state index in [2.05, 4.69) is 4.98 Å². The Kier molecular flexibility index (Phi) is 5.33.